The van der Waals surface area contributed by atoms with Crippen LogP contribution in [0.1, 0.15) is 25.3 Å². The van der Waals surface area contributed by atoms with E-state index in [2.05, 4.69) is 20.2 Å². The van der Waals surface area contributed by atoms with Gasteiger partial charge in [0, 0.05) is 25.5 Å². The molecule has 0 aromatic carbocycles. The van der Waals surface area contributed by atoms with Gasteiger partial charge in [-0.3, -0.25) is 0 Å². The van der Waals surface area contributed by atoms with Gasteiger partial charge in [-0.05, 0) is 31.0 Å². The Kier molecular flexibility index (Phi) is 4.45. The Morgan fingerprint density at radius 3 is 2.62 bits per heavy atom. The molecular formula is C19H18F3N7O2S. The maximum atomic E-state index is 13.1. The number of fused-ring (bicyclic) bond motifs is 2. The van der Waals surface area contributed by atoms with Crippen molar-refractivity contribution in [3.63, 3.8) is 0 Å². The molecule has 168 valence electrons. The Morgan fingerprint density at radius 1 is 1.22 bits per heavy atom. The van der Waals surface area contributed by atoms with Crippen molar-refractivity contribution < 1.29 is 21.6 Å². The van der Waals surface area contributed by atoms with Gasteiger partial charge in [-0.25, -0.2) is 22.9 Å². The normalized spacial score (nSPS) is 15.0. The van der Waals surface area contributed by atoms with E-state index in [0.29, 0.717) is 11.9 Å². The minimum atomic E-state index is -4.54. The second-order valence-electron chi connectivity index (χ2n) is 7.62. The molecule has 4 aromatic rings. The predicted octanol–water partition coefficient (Wildman–Crippen LogP) is 2.85. The van der Waals surface area contributed by atoms with E-state index >= 15 is 0 Å². The van der Waals surface area contributed by atoms with Crippen LogP contribution < -0.4 is 4.90 Å². The molecule has 0 aliphatic heterocycles. The zero-order valence-corrected chi connectivity index (χ0v) is 17.9. The molecular weight excluding hydrogens is 447 g/mol. The highest BCUT2D eigenvalue weighted by atomic mass is 32.2. The van der Waals surface area contributed by atoms with Gasteiger partial charge in [-0.2, -0.15) is 22.8 Å². The molecule has 32 heavy (non-hydrogen) atoms. The van der Waals surface area contributed by atoms with Gasteiger partial charge in [0.15, 0.2) is 32.0 Å². The molecule has 4 heterocycles. The number of nitrogens with zero attached hydrogens (tertiary/aromatic N) is 7. The topological polar surface area (TPSA) is 97.8 Å². The molecule has 0 N–H and O–H groups in total. The average Bonchev–Trinajstić information content (AvgIpc) is 3.39. The lowest BCUT2D eigenvalue weighted by molar-refractivity contribution is -0.137. The number of aromatic nitrogens is 6. The predicted molar refractivity (Wildman–Crippen MR) is 109 cm³/mol. The molecule has 0 unspecified atom stereocenters. The van der Waals surface area contributed by atoms with Crippen molar-refractivity contribution in [2.45, 2.75) is 37.0 Å². The van der Waals surface area contributed by atoms with Gasteiger partial charge in [0.25, 0.3) is 0 Å². The second kappa shape index (κ2) is 6.89. The lowest BCUT2D eigenvalue weighted by Gasteiger charge is -2.18. The van der Waals surface area contributed by atoms with E-state index in [1.807, 2.05) is 11.9 Å². The SMILES string of the molecule is CCS(=O)(=O)c1nn2c(N(C)C3CC3)ccnc2c1-c1nc2cc(C(F)(F)F)ccn2n1. The fourth-order valence-corrected chi connectivity index (χ4v) is 4.52. The van der Waals surface area contributed by atoms with Crippen LogP contribution in [0.25, 0.3) is 22.7 Å². The fourth-order valence-electron chi connectivity index (χ4n) is 3.54. The zero-order valence-electron chi connectivity index (χ0n) is 17.1. The summed E-state index contributed by atoms with van der Waals surface area (Å²) in [5, 5.41) is 8.32. The lowest BCUT2D eigenvalue weighted by Crippen LogP contribution is -2.22. The van der Waals surface area contributed by atoms with E-state index in [4.69, 9.17) is 0 Å². The number of halogens is 3. The summed E-state index contributed by atoms with van der Waals surface area (Å²) in [4.78, 5) is 10.5. The molecule has 0 amide bonds. The molecule has 0 saturated heterocycles. The van der Waals surface area contributed by atoms with Crippen LogP contribution in [0.15, 0.2) is 35.6 Å². The molecule has 1 fully saturated rings. The van der Waals surface area contributed by atoms with Crippen molar-refractivity contribution in [1.29, 1.82) is 0 Å². The molecule has 9 nitrogen and oxygen atoms in total. The van der Waals surface area contributed by atoms with E-state index < -0.39 is 21.6 Å². The highest BCUT2D eigenvalue weighted by Gasteiger charge is 2.33. The molecule has 0 spiro atoms. The van der Waals surface area contributed by atoms with Crippen molar-refractivity contribution in [2.24, 2.45) is 0 Å². The largest absolute Gasteiger partial charge is 0.416 e. The first-order valence-corrected chi connectivity index (χ1v) is 11.5. The molecule has 5 rings (SSSR count). The number of pyridine rings is 1. The summed E-state index contributed by atoms with van der Waals surface area (Å²) in [5.41, 5.74) is -0.666. The number of rotatable bonds is 5. The van der Waals surface area contributed by atoms with Gasteiger partial charge in [-0.1, -0.05) is 6.92 Å². The molecule has 1 saturated carbocycles. The van der Waals surface area contributed by atoms with Gasteiger partial charge in [-0.15, -0.1) is 5.10 Å². The summed E-state index contributed by atoms with van der Waals surface area (Å²) in [6, 6.07) is 3.80. The minimum absolute atomic E-state index is 0.0647. The van der Waals surface area contributed by atoms with E-state index in [0.717, 1.165) is 35.7 Å². The number of anilines is 1. The third-order valence-electron chi connectivity index (χ3n) is 5.49. The highest BCUT2D eigenvalue weighted by molar-refractivity contribution is 7.91. The Hall–Kier alpha value is -3.22. The standard InChI is InChI=1S/C19H18F3N7O2S/c1-3-32(30,31)18-15(16-24-13-10-11(19(20,21)22)7-9-28(13)25-16)17-23-8-6-14(29(17)26-18)27(2)12-4-5-12/h6-10,12H,3-5H2,1-2H3. The summed E-state index contributed by atoms with van der Waals surface area (Å²) < 4.78 is 67.6. The number of hydrogen-bond acceptors (Lipinski definition) is 7. The summed E-state index contributed by atoms with van der Waals surface area (Å²) in [6.07, 6.45) is 0.162. The van der Waals surface area contributed by atoms with E-state index in [-0.39, 0.29) is 33.5 Å². The van der Waals surface area contributed by atoms with Crippen LogP contribution in [-0.4, -0.2) is 56.5 Å². The molecule has 13 heteroatoms. The van der Waals surface area contributed by atoms with Crippen molar-refractivity contribution in [3.05, 3.63) is 36.2 Å². The minimum Gasteiger partial charge on any atom is -0.357 e. The smallest absolute Gasteiger partial charge is 0.357 e. The number of hydrogen-bond donors (Lipinski definition) is 0. The first-order chi connectivity index (χ1) is 15.1. The van der Waals surface area contributed by atoms with Crippen LogP contribution in [-0.2, 0) is 16.0 Å². The maximum Gasteiger partial charge on any atom is 0.416 e. The number of alkyl halides is 3. The van der Waals surface area contributed by atoms with Crippen LogP contribution >= 0.6 is 0 Å². The van der Waals surface area contributed by atoms with Crippen molar-refractivity contribution in [3.8, 4) is 11.4 Å². The van der Waals surface area contributed by atoms with Gasteiger partial charge in [0.2, 0.25) is 0 Å². The van der Waals surface area contributed by atoms with Gasteiger partial charge in [0.1, 0.15) is 11.4 Å². The zero-order chi connectivity index (χ0) is 22.8. The molecule has 0 radical (unpaired) electrons. The number of sulfone groups is 1. The maximum absolute atomic E-state index is 13.1. The van der Waals surface area contributed by atoms with Gasteiger partial charge < -0.3 is 4.90 Å². The Labute approximate surface area is 180 Å². The van der Waals surface area contributed by atoms with Crippen LogP contribution in [0.4, 0.5) is 19.0 Å². The molecule has 1 aliphatic rings. The van der Waals surface area contributed by atoms with Gasteiger partial charge >= 0.3 is 6.18 Å². The Morgan fingerprint density at radius 2 is 1.97 bits per heavy atom. The third kappa shape index (κ3) is 3.27. The third-order valence-corrected chi connectivity index (χ3v) is 7.12. The van der Waals surface area contributed by atoms with Crippen molar-refractivity contribution in [2.75, 3.05) is 17.7 Å². The highest BCUT2D eigenvalue weighted by Crippen LogP contribution is 2.35. The fraction of sp³-hybridized carbons (Fsp3) is 0.368. The summed E-state index contributed by atoms with van der Waals surface area (Å²) in [5.74, 6) is 0.369. The molecule has 0 atom stereocenters. The quantitative estimate of drug-likeness (QED) is 0.447. The van der Waals surface area contributed by atoms with Crippen LogP contribution in [0.2, 0.25) is 0 Å². The van der Waals surface area contributed by atoms with Crippen LogP contribution in [0, 0.1) is 0 Å². The Bertz CT molecular complexity index is 1460. The first-order valence-electron chi connectivity index (χ1n) is 9.87. The van der Waals surface area contributed by atoms with E-state index in [9.17, 15) is 21.6 Å². The monoisotopic (exact) mass is 465 g/mol. The lowest BCUT2D eigenvalue weighted by atomic mass is 10.2. The molecule has 0 bridgehead atoms. The first kappa shape index (κ1) is 20.7. The molecule has 4 aromatic heterocycles. The summed E-state index contributed by atoms with van der Waals surface area (Å²) in [7, 11) is -1.92. The van der Waals surface area contributed by atoms with Crippen molar-refractivity contribution in [1.82, 2.24) is 29.2 Å². The van der Waals surface area contributed by atoms with Gasteiger partial charge in [0.05, 0.1) is 11.3 Å². The van der Waals surface area contributed by atoms with Crippen LogP contribution in [0.3, 0.4) is 0 Å². The van der Waals surface area contributed by atoms with E-state index in [1.165, 1.54) is 17.6 Å². The van der Waals surface area contributed by atoms with Crippen LogP contribution in [0.5, 0.6) is 0 Å². The average molecular weight is 465 g/mol. The molecule has 1 aliphatic carbocycles. The Balaban J connectivity index is 1.77. The van der Waals surface area contributed by atoms with E-state index in [1.54, 1.807) is 6.07 Å². The summed E-state index contributed by atoms with van der Waals surface area (Å²) >= 11 is 0. The van der Waals surface area contributed by atoms with Crippen molar-refractivity contribution >= 4 is 26.9 Å². The summed E-state index contributed by atoms with van der Waals surface area (Å²) in [6.45, 7) is 1.49. The second-order valence-corrected chi connectivity index (χ2v) is 9.81.